The molecule has 2 atom stereocenters. The summed E-state index contributed by atoms with van der Waals surface area (Å²) in [6.07, 6.45) is 1.10. The highest BCUT2D eigenvalue weighted by Crippen LogP contribution is 2.31. The van der Waals surface area contributed by atoms with Crippen molar-refractivity contribution in [2.24, 2.45) is 11.7 Å². The van der Waals surface area contributed by atoms with Gasteiger partial charge in [0.1, 0.15) is 0 Å². The summed E-state index contributed by atoms with van der Waals surface area (Å²) in [5, 5.41) is 0. The van der Waals surface area contributed by atoms with Gasteiger partial charge in [-0.25, -0.2) is 0 Å². The lowest BCUT2D eigenvalue weighted by Gasteiger charge is -2.21. The molecular formula is C15H22F2N2O2. The first-order valence-electron chi connectivity index (χ1n) is 7.09. The number of hydrogen-bond donors (Lipinski definition) is 1. The van der Waals surface area contributed by atoms with Gasteiger partial charge in [0, 0.05) is 19.1 Å². The summed E-state index contributed by atoms with van der Waals surface area (Å²) >= 11 is 0. The minimum absolute atomic E-state index is 0.0607. The second kappa shape index (κ2) is 7.04. The Bertz CT molecular complexity index is 471. The van der Waals surface area contributed by atoms with E-state index in [4.69, 9.17) is 10.5 Å². The molecule has 0 radical (unpaired) electrons. The fourth-order valence-corrected chi connectivity index (χ4v) is 2.85. The predicted molar refractivity (Wildman–Crippen MR) is 76.7 cm³/mol. The van der Waals surface area contributed by atoms with E-state index in [0.717, 1.165) is 25.1 Å². The average molecular weight is 300 g/mol. The van der Waals surface area contributed by atoms with E-state index in [2.05, 4.69) is 16.6 Å². The van der Waals surface area contributed by atoms with Gasteiger partial charge in [-0.2, -0.15) is 8.78 Å². The lowest BCUT2D eigenvalue weighted by atomic mass is 10.1. The predicted octanol–water partition coefficient (Wildman–Crippen LogP) is 2.47. The molecule has 118 valence electrons. The van der Waals surface area contributed by atoms with E-state index in [1.165, 1.54) is 13.2 Å². The number of rotatable bonds is 6. The second-order valence-electron chi connectivity index (χ2n) is 5.48. The molecule has 2 unspecified atom stereocenters. The molecule has 0 amide bonds. The fourth-order valence-electron chi connectivity index (χ4n) is 2.85. The van der Waals surface area contributed by atoms with Crippen LogP contribution in [0, 0.1) is 5.92 Å². The first-order valence-corrected chi connectivity index (χ1v) is 7.09. The summed E-state index contributed by atoms with van der Waals surface area (Å²) in [6.45, 7) is 1.75. The molecule has 0 aromatic heterocycles. The molecule has 0 bridgehead atoms. The highest BCUT2D eigenvalue weighted by Gasteiger charge is 2.28. The number of nitrogens with two attached hydrogens (primary N) is 1. The van der Waals surface area contributed by atoms with Crippen molar-refractivity contribution in [1.82, 2.24) is 4.90 Å². The van der Waals surface area contributed by atoms with Crippen molar-refractivity contribution >= 4 is 0 Å². The van der Waals surface area contributed by atoms with Gasteiger partial charge in [0.2, 0.25) is 0 Å². The van der Waals surface area contributed by atoms with E-state index in [-0.39, 0.29) is 5.75 Å². The third-order valence-electron chi connectivity index (χ3n) is 3.95. The number of alkyl halides is 2. The minimum atomic E-state index is -2.85. The first-order chi connectivity index (χ1) is 10.0. The Morgan fingerprint density at radius 2 is 2.14 bits per heavy atom. The van der Waals surface area contributed by atoms with Crippen molar-refractivity contribution in [1.29, 1.82) is 0 Å². The third kappa shape index (κ3) is 4.04. The molecule has 1 aliphatic rings. The molecule has 2 rings (SSSR count). The topological polar surface area (TPSA) is 47.7 Å². The monoisotopic (exact) mass is 300 g/mol. The Labute approximate surface area is 123 Å². The van der Waals surface area contributed by atoms with Crippen molar-refractivity contribution in [2.75, 3.05) is 20.2 Å². The SMILES string of the molecule is COc1cc(CN2CC(CN)CC2C)ccc1OC(F)F. The standard InChI is InChI=1S/C15H22F2N2O2/c1-10-5-12(7-18)9-19(10)8-11-3-4-13(21-15(16)17)14(6-11)20-2/h3-4,6,10,12,15H,5,7-9,18H2,1-2H3. The van der Waals surface area contributed by atoms with Gasteiger partial charge < -0.3 is 15.2 Å². The molecule has 0 saturated carbocycles. The summed E-state index contributed by atoms with van der Waals surface area (Å²) < 4.78 is 34.2. The number of ether oxygens (including phenoxy) is 2. The minimum Gasteiger partial charge on any atom is -0.493 e. The number of hydrogen-bond acceptors (Lipinski definition) is 4. The zero-order valence-electron chi connectivity index (χ0n) is 12.4. The Morgan fingerprint density at radius 3 is 2.71 bits per heavy atom. The van der Waals surface area contributed by atoms with E-state index in [9.17, 15) is 8.78 Å². The van der Waals surface area contributed by atoms with Crippen LogP contribution >= 0.6 is 0 Å². The molecule has 1 aliphatic heterocycles. The maximum atomic E-state index is 12.3. The summed E-state index contributed by atoms with van der Waals surface area (Å²) in [6, 6.07) is 5.55. The zero-order chi connectivity index (χ0) is 15.4. The van der Waals surface area contributed by atoms with E-state index < -0.39 is 6.61 Å². The molecule has 0 spiro atoms. The number of likely N-dealkylation sites (tertiary alicyclic amines) is 1. The molecule has 1 aromatic carbocycles. The molecule has 4 nitrogen and oxygen atoms in total. The van der Waals surface area contributed by atoms with Crippen molar-refractivity contribution in [3.8, 4) is 11.5 Å². The van der Waals surface area contributed by atoms with Gasteiger partial charge in [-0.3, -0.25) is 4.90 Å². The zero-order valence-corrected chi connectivity index (χ0v) is 12.4. The van der Waals surface area contributed by atoms with Gasteiger partial charge >= 0.3 is 6.61 Å². The number of benzene rings is 1. The van der Waals surface area contributed by atoms with E-state index in [0.29, 0.717) is 24.3 Å². The largest absolute Gasteiger partial charge is 0.493 e. The second-order valence-corrected chi connectivity index (χ2v) is 5.48. The molecule has 6 heteroatoms. The van der Waals surface area contributed by atoms with Gasteiger partial charge in [0.25, 0.3) is 0 Å². The van der Waals surface area contributed by atoms with Gasteiger partial charge in [0.05, 0.1) is 7.11 Å². The Balaban J connectivity index is 2.07. The summed E-state index contributed by atoms with van der Waals surface area (Å²) in [5.41, 5.74) is 6.74. The molecule has 21 heavy (non-hydrogen) atoms. The van der Waals surface area contributed by atoms with E-state index in [1.807, 2.05) is 0 Å². The average Bonchev–Trinajstić information content (AvgIpc) is 2.80. The van der Waals surface area contributed by atoms with Gasteiger partial charge in [-0.05, 0) is 43.5 Å². The smallest absolute Gasteiger partial charge is 0.387 e. The van der Waals surface area contributed by atoms with Crippen molar-refractivity contribution in [3.63, 3.8) is 0 Å². The van der Waals surface area contributed by atoms with Gasteiger partial charge in [-0.1, -0.05) is 6.07 Å². The van der Waals surface area contributed by atoms with Crippen LogP contribution in [0.2, 0.25) is 0 Å². The van der Waals surface area contributed by atoms with Crippen LogP contribution in [-0.4, -0.2) is 37.8 Å². The van der Waals surface area contributed by atoms with Crippen LogP contribution in [0.5, 0.6) is 11.5 Å². The highest BCUT2D eigenvalue weighted by atomic mass is 19.3. The number of methoxy groups -OCH3 is 1. The molecule has 1 aromatic rings. The van der Waals surface area contributed by atoms with Crippen LogP contribution in [0.1, 0.15) is 18.9 Å². The lowest BCUT2D eigenvalue weighted by molar-refractivity contribution is -0.0512. The van der Waals surface area contributed by atoms with Crippen molar-refractivity contribution in [2.45, 2.75) is 32.5 Å². The molecule has 2 N–H and O–H groups in total. The van der Waals surface area contributed by atoms with E-state index in [1.54, 1.807) is 12.1 Å². The maximum absolute atomic E-state index is 12.3. The lowest BCUT2D eigenvalue weighted by Crippen LogP contribution is -2.27. The van der Waals surface area contributed by atoms with Crippen LogP contribution in [-0.2, 0) is 6.54 Å². The van der Waals surface area contributed by atoms with Crippen LogP contribution in [0.3, 0.4) is 0 Å². The van der Waals surface area contributed by atoms with Gasteiger partial charge in [-0.15, -0.1) is 0 Å². The quantitative estimate of drug-likeness (QED) is 0.877. The van der Waals surface area contributed by atoms with Gasteiger partial charge in [0.15, 0.2) is 11.5 Å². The first kappa shape index (κ1) is 16.0. The molecule has 1 saturated heterocycles. The summed E-state index contributed by atoms with van der Waals surface area (Å²) in [4.78, 5) is 2.35. The van der Waals surface area contributed by atoms with Crippen LogP contribution < -0.4 is 15.2 Å². The molecule has 0 aliphatic carbocycles. The summed E-state index contributed by atoms with van der Waals surface area (Å²) in [7, 11) is 1.44. The molecule has 1 fully saturated rings. The van der Waals surface area contributed by atoms with E-state index >= 15 is 0 Å². The highest BCUT2D eigenvalue weighted by molar-refractivity contribution is 5.43. The van der Waals surface area contributed by atoms with Crippen molar-refractivity contribution in [3.05, 3.63) is 23.8 Å². The van der Waals surface area contributed by atoms with Crippen LogP contribution in [0.15, 0.2) is 18.2 Å². The maximum Gasteiger partial charge on any atom is 0.387 e. The van der Waals surface area contributed by atoms with Crippen molar-refractivity contribution < 1.29 is 18.3 Å². The Hall–Kier alpha value is -1.40. The Kier molecular flexibility index (Phi) is 5.36. The fraction of sp³-hybridized carbons (Fsp3) is 0.600. The normalized spacial score (nSPS) is 22.8. The Morgan fingerprint density at radius 1 is 1.38 bits per heavy atom. The molecular weight excluding hydrogens is 278 g/mol. The van der Waals surface area contributed by atoms with Crippen LogP contribution in [0.4, 0.5) is 8.78 Å². The third-order valence-corrected chi connectivity index (χ3v) is 3.95. The van der Waals surface area contributed by atoms with Crippen LogP contribution in [0.25, 0.3) is 0 Å². The summed E-state index contributed by atoms with van der Waals surface area (Å²) in [5.74, 6) is 0.920. The number of halogens is 2. The number of nitrogens with zero attached hydrogens (tertiary/aromatic N) is 1. The molecule has 1 heterocycles.